The molecule has 0 atom stereocenters. The number of hydrogen-bond donors (Lipinski definition) is 1. The lowest BCUT2D eigenvalue weighted by atomic mass is 9.98. The molecule has 1 rings (SSSR count). The second kappa shape index (κ2) is 15.6. The van der Waals surface area contributed by atoms with Gasteiger partial charge in [-0.1, -0.05) is 90.9 Å². The van der Waals surface area contributed by atoms with E-state index < -0.39 is 11.6 Å². The van der Waals surface area contributed by atoms with Crippen molar-refractivity contribution in [2.45, 2.75) is 122 Å². The molecular formula is C23H43NO4. The summed E-state index contributed by atoms with van der Waals surface area (Å²) in [4.78, 5) is 24.8. The minimum Gasteiger partial charge on any atom is -0.464 e. The maximum Gasteiger partial charge on any atom is 0.408 e. The zero-order valence-electron chi connectivity index (χ0n) is 18.4. The number of esters is 1. The summed E-state index contributed by atoms with van der Waals surface area (Å²) < 4.78 is 10.8. The van der Waals surface area contributed by atoms with Gasteiger partial charge in [-0.15, -0.1) is 0 Å². The minimum absolute atomic E-state index is 0.282. The number of alkyl carbamates (subject to hydrolysis) is 1. The van der Waals surface area contributed by atoms with E-state index in [4.69, 9.17) is 9.47 Å². The van der Waals surface area contributed by atoms with Crippen LogP contribution < -0.4 is 5.32 Å². The van der Waals surface area contributed by atoms with Gasteiger partial charge in [0.15, 0.2) is 0 Å². The van der Waals surface area contributed by atoms with Gasteiger partial charge in [0.05, 0.1) is 13.2 Å². The Morgan fingerprint density at radius 1 is 0.714 bits per heavy atom. The van der Waals surface area contributed by atoms with Crippen LogP contribution in [0, 0.1) is 0 Å². The molecule has 0 saturated heterocycles. The fourth-order valence-corrected chi connectivity index (χ4v) is 3.82. The predicted octanol–water partition coefficient (Wildman–Crippen LogP) is 6.29. The van der Waals surface area contributed by atoms with Crippen LogP contribution in [0.3, 0.4) is 0 Å². The van der Waals surface area contributed by atoms with Gasteiger partial charge in [-0.2, -0.15) is 0 Å². The molecule has 0 radical (unpaired) electrons. The highest BCUT2D eigenvalue weighted by Crippen LogP contribution is 2.31. The van der Waals surface area contributed by atoms with E-state index in [2.05, 4.69) is 19.2 Å². The SMILES string of the molecule is CCCCCCCCOC(=O)NC1(C(=O)OCCCCCCCC)CCCC1. The Labute approximate surface area is 172 Å². The van der Waals surface area contributed by atoms with E-state index in [1.807, 2.05) is 0 Å². The van der Waals surface area contributed by atoms with Gasteiger partial charge >= 0.3 is 12.1 Å². The largest absolute Gasteiger partial charge is 0.464 e. The van der Waals surface area contributed by atoms with Gasteiger partial charge in [0, 0.05) is 0 Å². The summed E-state index contributed by atoms with van der Waals surface area (Å²) in [5.74, 6) is -0.282. The van der Waals surface area contributed by atoms with Gasteiger partial charge in [0.25, 0.3) is 0 Å². The first-order chi connectivity index (χ1) is 13.6. The Bertz CT molecular complexity index is 419. The van der Waals surface area contributed by atoms with Gasteiger partial charge in [0.1, 0.15) is 5.54 Å². The van der Waals surface area contributed by atoms with Crippen LogP contribution in [0.5, 0.6) is 0 Å². The van der Waals surface area contributed by atoms with Crippen molar-refractivity contribution in [2.24, 2.45) is 0 Å². The lowest BCUT2D eigenvalue weighted by Crippen LogP contribution is -2.53. The standard InChI is InChI=1S/C23H43NO4/c1-3-5-7-9-11-15-19-27-21(25)23(17-13-14-18-23)24-22(26)28-20-16-12-10-8-6-4-2/h3-20H2,1-2H3,(H,24,26). The van der Waals surface area contributed by atoms with Gasteiger partial charge in [0.2, 0.25) is 0 Å². The maximum absolute atomic E-state index is 12.6. The molecule has 0 bridgehead atoms. The van der Waals surface area contributed by atoms with E-state index in [1.54, 1.807) is 0 Å². The summed E-state index contributed by atoms with van der Waals surface area (Å²) >= 11 is 0. The molecule has 1 aliphatic rings. The van der Waals surface area contributed by atoms with Crippen LogP contribution in [0.1, 0.15) is 117 Å². The number of unbranched alkanes of at least 4 members (excludes halogenated alkanes) is 10. The first-order valence-electron chi connectivity index (χ1n) is 11.8. The zero-order chi connectivity index (χ0) is 20.5. The van der Waals surface area contributed by atoms with Crippen molar-refractivity contribution >= 4 is 12.1 Å². The van der Waals surface area contributed by atoms with Crippen LogP contribution in [0.15, 0.2) is 0 Å². The molecular weight excluding hydrogens is 354 g/mol. The molecule has 164 valence electrons. The molecule has 1 N–H and O–H groups in total. The first kappa shape index (κ1) is 24.8. The third-order valence-electron chi connectivity index (χ3n) is 5.65. The van der Waals surface area contributed by atoms with Crippen molar-refractivity contribution in [1.29, 1.82) is 0 Å². The first-order valence-corrected chi connectivity index (χ1v) is 11.8. The molecule has 0 aromatic rings. The number of rotatable bonds is 16. The van der Waals surface area contributed by atoms with E-state index in [9.17, 15) is 9.59 Å². The Balaban J connectivity index is 2.23. The molecule has 0 spiro atoms. The molecule has 0 unspecified atom stereocenters. The highest BCUT2D eigenvalue weighted by molar-refractivity contribution is 5.86. The molecule has 0 heterocycles. The van der Waals surface area contributed by atoms with Crippen molar-refractivity contribution in [3.8, 4) is 0 Å². The molecule has 28 heavy (non-hydrogen) atoms. The van der Waals surface area contributed by atoms with Gasteiger partial charge < -0.3 is 14.8 Å². The summed E-state index contributed by atoms with van der Waals surface area (Å²) in [5, 5.41) is 2.84. The van der Waals surface area contributed by atoms with E-state index in [-0.39, 0.29) is 5.97 Å². The van der Waals surface area contributed by atoms with Crippen molar-refractivity contribution in [2.75, 3.05) is 13.2 Å². The number of carbonyl (C=O) groups is 2. The summed E-state index contributed by atoms with van der Waals surface area (Å²) in [6.07, 6.45) is 16.5. The smallest absolute Gasteiger partial charge is 0.408 e. The molecule has 5 heteroatoms. The third-order valence-corrected chi connectivity index (χ3v) is 5.65. The van der Waals surface area contributed by atoms with Crippen LogP contribution >= 0.6 is 0 Å². The number of amides is 1. The van der Waals surface area contributed by atoms with E-state index in [1.165, 1.54) is 51.4 Å². The monoisotopic (exact) mass is 397 g/mol. The second-order valence-corrected chi connectivity index (χ2v) is 8.22. The normalized spacial score (nSPS) is 15.4. The minimum atomic E-state index is -0.875. The van der Waals surface area contributed by atoms with Crippen LogP contribution in [0.2, 0.25) is 0 Å². The van der Waals surface area contributed by atoms with Crippen LogP contribution in [0.4, 0.5) is 4.79 Å². The highest BCUT2D eigenvalue weighted by Gasteiger charge is 2.44. The summed E-state index contributed by atoms with van der Waals surface area (Å²) in [6.45, 7) is 5.27. The van der Waals surface area contributed by atoms with Crippen molar-refractivity contribution in [3.05, 3.63) is 0 Å². The van der Waals surface area contributed by atoms with Crippen LogP contribution in [-0.4, -0.2) is 30.8 Å². The molecule has 0 aliphatic heterocycles. The van der Waals surface area contributed by atoms with Crippen LogP contribution in [0.25, 0.3) is 0 Å². The number of ether oxygens (including phenoxy) is 2. The average Bonchev–Trinajstić information content (AvgIpc) is 3.16. The number of carbonyl (C=O) groups excluding carboxylic acids is 2. The third kappa shape index (κ3) is 10.3. The summed E-state index contributed by atoms with van der Waals surface area (Å²) in [5.41, 5.74) is -0.875. The van der Waals surface area contributed by atoms with Gasteiger partial charge in [-0.3, -0.25) is 0 Å². The Kier molecular flexibility index (Phi) is 13.8. The van der Waals surface area contributed by atoms with Gasteiger partial charge in [-0.25, -0.2) is 9.59 Å². The van der Waals surface area contributed by atoms with E-state index in [0.717, 1.165) is 38.5 Å². The molecule has 1 saturated carbocycles. The predicted molar refractivity (Wildman–Crippen MR) is 113 cm³/mol. The van der Waals surface area contributed by atoms with E-state index >= 15 is 0 Å². The molecule has 0 aromatic carbocycles. The van der Waals surface area contributed by atoms with Crippen molar-refractivity contribution < 1.29 is 19.1 Å². The summed E-state index contributed by atoms with van der Waals surface area (Å²) in [6, 6.07) is 0. The Morgan fingerprint density at radius 2 is 1.18 bits per heavy atom. The summed E-state index contributed by atoms with van der Waals surface area (Å²) in [7, 11) is 0. The average molecular weight is 398 g/mol. The molecule has 1 fully saturated rings. The van der Waals surface area contributed by atoms with E-state index in [0.29, 0.717) is 26.1 Å². The molecule has 1 amide bonds. The highest BCUT2D eigenvalue weighted by atomic mass is 16.6. The zero-order valence-corrected chi connectivity index (χ0v) is 18.4. The molecule has 5 nitrogen and oxygen atoms in total. The number of nitrogens with one attached hydrogen (secondary N) is 1. The maximum atomic E-state index is 12.6. The van der Waals surface area contributed by atoms with Crippen molar-refractivity contribution in [3.63, 3.8) is 0 Å². The fraction of sp³-hybridized carbons (Fsp3) is 0.913. The molecule has 0 aromatic heterocycles. The fourth-order valence-electron chi connectivity index (χ4n) is 3.82. The van der Waals surface area contributed by atoms with Crippen LogP contribution in [-0.2, 0) is 14.3 Å². The lowest BCUT2D eigenvalue weighted by Gasteiger charge is -2.27. The Morgan fingerprint density at radius 3 is 1.71 bits per heavy atom. The molecule has 1 aliphatic carbocycles. The van der Waals surface area contributed by atoms with Crippen molar-refractivity contribution in [1.82, 2.24) is 5.32 Å². The quantitative estimate of drug-likeness (QED) is 0.245. The van der Waals surface area contributed by atoms with Gasteiger partial charge in [-0.05, 0) is 25.7 Å². The topological polar surface area (TPSA) is 64.6 Å². The number of hydrogen-bond acceptors (Lipinski definition) is 4. The second-order valence-electron chi connectivity index (χ2n) is 8.22. The Hall–Kier alpha value is -1.26. The lowest BCUT2D eigenvalue weighted by molar-refractivity contribution is -0.151.